The van der Waals surface area contributed by atoms with Crippen molar-refractivity contribution in [3.8, 4) is 0 Å². The molecule has 0 aliphatic heterocycles. The summed E-state index contributed by atoms with van der Waals surface area (Å²) in [4.78, 5) is 0. The van der Waals surface area contributed by atoms with E-state index in [1.807, 2.05) is 0 Å². The highest BCUT2D eigenvalue weighted by molar-refractivity contribution is 7.95. The van der Waals surface area contributed by atoms with Gasteiger partial charge in [0.2, 0.25) is 0 Å². The molecule has 3 aromatic rings. The van der Waals surface area contributed by atoms with Gasteiger partial charge in [-0.3, -0.25) is 0 Å². The van der Waals surface area contributed by atoms with Gasteiger partial charge in [-0.2, -0.15) is 0 Å². The van der Waals surface area contributed by atoms with Crippen molar-refractivity contribution in [2.24, 2.45) is 0 Å². The summed E-state index contributed by atoms with van der Waals surface area (Å²) >= 11 is 0. The van der Waals surface area contributed by atoms with Gasteiger partial charge in [0, 0.05) is 8.07 Å². The molecule has 0 radical (unpaired) electrons. The number of hydrogen-bond donors (Lipinski definition) is 0. The summed E-state index contributed by atoms with van der Waals surface area (Å²) < 4.78 is 0. The first kappa shape index (κ1) is 21.3. The van der Waals surface area contributed by atoms with Crippen molar-refractivity contribution in [2.45, 2.75) is 25.7 Å². The zero-order valence-electron chi connectivity index (χ0n) is 15.9. The molecule has 0 spiro atoms. The van der Waals surface area contributed by atoms with Crippen LogP contribution in [0.2, 0.25) is 25.7 Å². The number of hydrogen-bond acceptors (Lipinski definition) is 0. The first-order valence-corrected chi connectivity index (χ1v) is 14.8. The molecule has 0 saturated heterocycles. The van der Waals surface area contributed by atoms with Gasteiger partial charge in [0.15, 0.2) is 0 Å². The van der Waals surface area contributed by atoms with E-state index in [9.17, 15) is 0 Å². The maximum Gasteiger partial charge on any atom is 0.111 e. The predicted octanol–water partition coefficient (Wildman–Crippen LogP) is 2.32. The van der Waals surface area contributed by atoms with Crippen LogP contribution in [0.5, 0.6) is 0 Å². The second-order valence-electron chi connectivity index (χ2n) is 7.85. The second kappa shape index (κ2) is 9.30. The number of halogens is 1. The zero-order chi connectivity index (χ0) is 17.8. The molecule has 136 valence electrons. The topological polar surface area (TPSA) is 0 Å². The van der Waals surface area contributed by atoms with Gasteiger partial charge >= 0.3 is 0 Å². The van der Waals surface area contributed by atoms with Crippen molar-refractivity contribution in [1.82, 2.24) is 0 Å². The Bertz CT molecular complexity index is 686. The average Bonchev–Trinajstić information content (AvgIpc) is 2.64. The molecule has 0 unspecified atom stereocenters. The Labute approximate surface area is 177 Å². The molecule has 0 aliphatic carbocycles. The SMILES string of the molecule is C[Si](C)(C)CC[P+](c1ccccc1)(c1ccccc1)c1ccccc1.[I-]. The summed E-state index contributed by atoms with van der Waals surface area (Å²) in [7, 11) is -2.75. The van der Waals surface area contributed by atoms with Crippen molar-refractivity contribution in [1.29, 1.82) is 0 Å². The molecule has 0 saturated carbocycles. The van der Waals surface area contributed by atoms with E-state index >= 15 is 0 Å². The monoisotopic (exact) mass is 490 g/mol. The van der Waals surface area contributed by atoms with Crippen molar-refractivity contribution in [3.05, 3.63) is 91.0 Å². The van der Waals surface area contributed by atoms with Gasteiger partial charge in [-0.15, -0.1) is 0 Å². The van der Waals surface area contributed by atoms with Gasteiger partial charge in [-0.1, -0.05) is 74.2 Å². The van der Waals surface area contributed by atoms with Crippen molar-refractivity contribution in [3.63, 3.8) is 0 Å². The van der Waals surface area contributed by atoms with Crippen LogP contribution in [0.3, 0.4) is 0 Å². The normalized spacial score (nSPS) is 11.7. The molecule has 3 heteroatoms. The van der Waals surface area contributed by atoms with Crippen LogP contribution in [-0.4, -0.2) is 14.2 Å². The molecule has 0 fully saturated rings. The first-order chi connectivity index (χ1) is 12.0. The molecule has 0 N–H and O–H groups in total. The molecule has 0 heterocycles. The van der Waals surface area contributed by atoms with Crippen LogP contribution in [0.25, 0.3) is 0 Å². The Balaban J connectivity index is 0.00000243. The minimum absolute atomic E-state index is 0. The van der Waals surface area contributed by atoms with Crippen molar-refractivity contribution >= 4 is 31.2 Å². The summed E-state index contributed by atoms with van der Waals surface area (Å²) in [6.45, 7) is 7.47. The lowest BCUT2D eigenvalue weighted by Crippen LogP contribution is -3.00. The molecule has 0 amide bonds. The van der Waals surface area contributed by atoms with E-state index in [1.165, 1.54) is 28.1 Å². The van der Waals surface area contributed by atoms with Crippen LogP contribution >= 0.6 is 7.26 Å². The molecule has 0 aromatic heterocycles. The Morgan fingerprint density at radius 1 is 0.577 bits per heavy atom. The van der Waals surface area contributed by atoms with E-state index < -0.39 is 15.3 Å². The lowest BCUT2D eigenvalue weighted by molar-refractivity contribution is -0.00000522. The van der Waals surface area contributed by atoms with Crippen molar-refractivity contribution in [2.75, 3.05) is 6.16 Å². The molecule has 0 atom stereocenters. The summed E-state index contributed by atoms with van der Waals surface area (Å²) in [5, 5.41) is 4.52. The fourth-order valence-corrected chi connectivity index (χ4v) is 11.1. The fourth-order valence-electron chi connectivity index (χ4n) is 3.39. The summed E-state index contributed by atoms with van der Waals surface area (Å²) in [6, 6.07) is 35.0. The first-order valence-electron chi connectivity index (χ1n) is 9.07. The highest BCUT2D eigenvalue weighted by atomic mass is 127. The summed E-state index contributed by atoms with van der Waals surface area (Å²) in [5.74, 6) is 0. The Hall–Kier alpha value is -0.963. The average molecular weight is 490 g/mol. The van der Waals surface area contributed by atoms with E-state index in [2.05, 4.69) is 111 Å². The lowest BCUT2D eigenvalue weighted by Gasteiger charge is -2.30. The summed E-state index contributed by atoms with van der Waals surface area (Å²) in [5.41, 5.74) is 0. The zero-order valence-corrected chi connectivity index (χ0v) is 20.0. The minimum Gasteiger partial charge on any atom is -1.00 e. The van der Waals surface area contributed by atoms with Crippen LogP contribution in [0.1, 0.15) is 0 Å². The largest absolute Gasteiger partial charge is 1.00 e. The maximum atomic E-state index is 2.49. The van der Waals surface area contributed by atoms with Gasteiger partial charge < -0.3 is 24.0 Å². The van der Waals surface area contributed by atoms with Gasteiger partial charge in [0.05, 0.1) is 6.16 Å². The number of rotatable bonds is 6. The van der Waals surface area contributed by atoms with Crippen LogP contribution in [0.15, 0.2) is 91.0 Å². The third-order valence-corrected chi connectivity index (χ3v) is 11.4. The molecular formula is C23H28IPSi. The Morgan fingerprint density at radius 3 is 1.15 bits per heavy atom. The van der Waals surface area contributed by atoms with E-state index in [0.717, 1.165) is 0 Å². The van der Waals surface area contributed by atoms with E-state index in [0.29, 0.717) is 0 Å². The quantitative estimate of drug-likeness (QED) is 0.283. The smallest absolute Gasteiger partial charge is 0.111 e. The molecular weight excluding hydrogens is 462 g/mol. The lowest BCUT2D eigenvalue weighted by atomic mass is 10.4. The summed E-state index contributed by atoms with van der Waals surface area (Å²) in [6.07, 6.45) is 1.26. The Morgan fingerprint density at radius 2 is 0.885 bits per heavy atom. The number of benzene rings is 3. The fraction of sp³-hybridized carbons (Fsp3) is 0.217. The van der Waals surface area contributed by atoms with Gasteiger partial charge in [-0.25, -0.2) is 0 Å². The molecule has 0 aliphatic rings. The van der Waals surface area contributed by atoms with Gasteiger partial charge in [0.25, 0.3) is 0 Å². The highest BCUT2D eigenvalue weighted by Gasteiger charge is 2.45. The third-order valence-electron chi connectivity index (χ3n) is 4.79. The molecule has 26 heavy (non-hydrogen) atoms. The van der Waals surface area contributed by atoms with Crippen molar-refractivity contribution < 1.29 is 24.0 Å². The van der Waals surface area contributed by atoms with Gasteiger partial charge in [-0.05, 0) is 42.4 Å². The van der Waals surface area contributed by atoms with Crippen LogP contribution in [-0.2, 0) is 0 Å². The maximum absolute atomic E-state index is 2.49. The molecule has 0 nitrogen and oxygen atoms in total. The van der Waals surface area contributed by atoms with Crippen LogP contribution in [0.4, 0.5) is 0 Å². The Kier molecular flexibility index (Phi) is 7.63. The highest BCUT2D eigenvalue weighted by Crippen LogP contribution is 2.56. The van der Waals surface area contributed by atoms with Crippen LogP contribution < -0.4 is 39.9 Å². The van der Waals surface area contributed by atoms with E-state index in [-0.39, 0.29) is 24.0 Å². The van der Waals surface area contributed by atoms with Crippen LogP contribution in [0, 0.1) is 0 Å². The standard InChI is InChI=1S/C23H28PSi.HI/c1-25(2,3)20-19-24(21-13-7-4-8-14-21,22-15-9-5-10-16-22)23-17-11-6-12-18-23;/h4-18H,19-20H2,1-3H3;1H/q+1;/p-1. The second-order valence-corrected chi connectivity index (χ2v) is 17.1. The molecule has 3 rings (SSSR count). The molecule has 0 bridgehead atoms. The van der Waals surface area contributed by atoms with E-state index in [1.54, 1.807) is 0 Å². The predicted molar refractivity (Wildman–Crippen MR) is 118 cm³/mol. The van der Waals surface area contributed by atoms with E-state index in [4.69, 9.17) is 0 Å². The third kappa shape index (κ3) is 4.85. The molecule has 3 aromatic carbocycles. The van der Waals surface area contributed by atoms with Gasteiger partial charge in [0.1, 0.15) is 23.2 Å². The minimum atomic E-state index is -1.61.